The Kier molecular flexibility index (Phi) is 5.00. The van der Waals surface area contributed by atoms with Gasteiger partial charge in [0.15, 0.2) is 0 Å². The van der Waals surface area contributed by atoms with E-state index in [0.29, 0.717) is 6.04 Å². The summed E-state index contributed by atoms with van der Waals surface area (Å²) in [6, 6.07) is 8.70. The van der Waals surface area contributed by atoms with Crippen LogP contribution < -0.4 is 10.2 Å². The highest BCUT2D eigenvalue weighted by atomic mass is 16.3. The number of rotatable bonds is 5. The molecule has 2 N–H and O–H groups in total. The van der Waals surface area contributed by atoms with Crippen molar-refractivity contribution in [3.8, 4) is 0 Å². The Morgan fingerprint density at radius 2 is 2.04 bits per heavy atom. The van der Waals surface area contributed by atoms with Crippen LogP contribution in [0.2, 0.25) is 0 Å². The highest BCUT2D eigenvalue weighted by Crippen LogP contribution is 2.26. The van der Waals surface area contributed by atoms with Gasteiger partial charge in [0.05, 0.1) is 6.10 Å². The summed E-state index contributed by atoms with van der Waals surface area (Å²) in [5, 5.41) is 13.1. The maximum absolute atomic E-state index is 9.74. The molecular weight excluding hydrogens is 300 g/mol. The molecule has 24 heavy (non-hydrogen) atoms. The first kappa shape index (κ1) is 16.7. The molecule has 0 fully saturated rings. The van der Waals surface area contributed by atoms with Crippen molar-refractivity contribution in [2.75, 3.05) is 16.8 Å². The summed E-state index contributed by atoms with van der Waals surface area (Å²) in [5.74, 6) is 1.84. The molecule has 0 aliphatic carbocycles. The molecule has 2 heterocycles. The molecule has 0 unspecified atom stereocenters. The van der Waals surface area contributed by atoms with Gasteiger partial charge in [0.1, 0.15) is 18.0 Å². The predicted octanol–water partition coefficient (Wildman–Crippen LogP) is 3.30. The number of aliphatic hydroxyl groups excluding tert-OH is 1. The maximum atomic E-state index is 9.74. The fourth-order valence-electron chi connectivity index (χ4n) is 2.98. The van der Waals surface area contributed by atoms with Gasteiger partial charge in [-0.15, -0.1) is 0 Å². The summed E-state index contributed by atoms with van der Waals surface area (Å²) < 4.78 is 0. The first-order valence-corrected chi connectivity index (χ1v) is 8.70. The lowest BCUT2D eigenvalue weighted by Gasteiger charge is -2.30. The summed E-state index contributed by atoms with van der Waals surface area (Å²) in [6.07, 6.45) is 3.24. The second-order valence-electron chi connectivity index (χ2n) is 6.59. The van der Waals surface area contributed by atoms with Crippen LogP contribution in [0.3, 0.4) is 0 Å². The average Bonchev–Trinajstić information content (AvgIpc) is 2.60. The van der Waals surface area contributed by atoms with E-state index in [1.54, 1.807) is 6.33 Å². The molecular formula is C19H26N4O. The molecule has 2 aromatic rings. The number of hydrogen-bond donors (Lipinski definition) is 2. The molecule has 5 heteroatoms. The lowest BCUT2D eigenvalue weighted by Crippen LogP contribution is -2.31. The van der Waals surface area contributed by atoms with E-state index in [-0.39, 0.29) is 0 Å². The molecule has 3 rings (SSSR count). The third-order valence-corrected chi connectivity index (χ3v) is 4.71. The predicted molar refractivity (Wildman–Crippen MR) is 97.2 cm³/mol. The zero-order valence-corrected chi connectivity index (χ0v) is 14.7. The second-order valence-corrected chi connectivity index (χ2v) is 6.59. The normalized spacial score (nSPS) is 16.4. The van der Waals surface area contributed by atoms with Crippen molar-refractivity contribution in [1.82, 2.24) is 9.97 Å². The number of hydrogen-bond acceptors (Lipinski definition) is 5. The third-order valence-electron chi connectivity index (χ3n) is 4.71. The lowest BCUT2D eigenvalue weighted by molar-refractivity contribution is 0.199. The molecule has 5 nitrogen and oxygen atoms in total. The van der Waals surface area contributed by atoms with E-state index in [1.807, 2.05) is 19.1 Å². The Hall–Kier alpha value is -2.14. The molecule has 0 saturated heterocycles. The summed E-state index contributed by atoms with van der Waals surface area (Å²) in [4.78, 5) is 11.1. The Balaban J connectivity index is 1.77. The number of aromatic nitrogens is 2. The summed E-state index contributed by atoms with van der Waals surface area (Å²) in [5.41, 5.74) is 3.63. The van der Waals surface area contributed by atoms with Crippen molar-refractivity contribution in [3.05, 3.63) is 47.3 Å². The van der Waals surface area contributed by atoms with Gasteiger partial charge in [0, 0.05) is 25.2 Å². The van der Waals surface area contributed by atoms with Crippen LogP contribution in [0.15, 0.2) is 30.6 Å². The van der Waals surface area contributed by atoms with Gasteiger partial charge >= 0.3 is 0 Å². The van der Waals surface area contributed by atoms with E-state index in [0.717, 1.165) is 43.1 Å². The first-order chi connectivity index (χ1) is 11.6. The fourth-order valence-corrected chi connectivity index (χ4v) is 2.98. The number of anilines is 2. The number of benzene rings is 1. The van der Waals surface area contributed by atoms with E-state index < -0.39 is 6.10 Å². The molecule has 1 aliphatic heterocycles. The number of aliphatic hydroxyl groups is 1. The average molecular weight is 326 g/mol. The van der Waals surface area contributed by atoms with Crippen molar-refractivity contribution in [2.24, 2.45) is 0 Å². The van der Waals surface area contributed by atoms with E-state index in [9.17, 15) is 5.11 Å². The van der Waals surface area contributed by atoms with Gasteiger partial charge in [0.2, 0.25) is 0 Å². The van der Waals surface area contributed by atoms with Crippen LogP contribution in [0, 0.1) is 0 Å². The minimum atomic E-state index is -0.413. The van der Waals surface area contributed by atoms with E-state index in [2.05, 4.69) is 46.2 Å². The third kappa shape index (κ3) is 3.67. The Morgan fingerprint density at radius 3 is 2.79 bits per heavy atom. The van der Waals surface area contributed by atoms with Crippen molar-refractivity contribution >= 4 is 11.6 Å². The molecule has 1 aromatic carbocycles. The van der Waals surface area contributed by atoms with Gasteiger partial charge < -0.3 is 15.3 Å². The van der Waals surface area contributed by atoms with Gasteiger partial charge in [0.25, 0.3) is 0 Å². The van der Waals surface area contributed by atoms with Gasteiger partial charge in [-0.2, -0.15) is 0 Å². The van der Waals surface area contributed by atoms with Crippen LogP contribution >= 0.6 is 0 Å². The topological polar surface area (TPSA) is 61.3 Å². The zero-order chi connectivity index (χ0) is 17.1. The van der Waals surface area contributed by atoms with E-state index >= 15 is 0 Å². The highest BCUT2D eigenvalue weighted by molar-refractivity contribution is 5.51. The molecule has 0 amide bonds. The van der Waals surface area contributed by atoms with Crippen LogP contribution in [0.1, 0.15) is 50.0 Å². The summed E-state index contributed by atoms with van der Waals surface area (Å²) >= 11 is 0. The van der Waals surface area contributed by atoms with Crippen LogP contribution in [-0.4, -0.2) is 27.7 Å². The Bertz CT molecular complexity index is 702. The minimum Gasteiger partial charge on any atom is -0.389 e. The van der Waals surface area contributed by atoms with Gasteiger partial charge in [-0.05, 0) is 43.4 Å². The van der Waals surface area contributed by atoms with Crippen molar-refractivity contribution in [3.63, 3.8) is 0 Å². The molecule has 2 atom stereocenters. The summed E-state index contributed by atoms with van der Waals surface area (Å²) in [7, 11) is 0. The number of fused-ring (bicyclic) bond motifs is 1. The standard InChI is InChI=1S/C19H26N4O/c1-4-13(2)22-18-10-19(21-12-20-18)23-8-7-16-9-15(14(3)24)5-6-17(16)11-23/h5-6,9-10,12-14,24H,4,7-8,11H2,1-3H3,(H,20,21,22)/t13-,14+/m0/s1. The molecule has 1 aromatic heterocycles. The van der Waals surface area contributed by atoms with E-state index in [4.69, 9.17) is 0 Å². The lowest BCUT2D eigenvalue weighted by atomic mass is 9.96. The smallest absolute Gasteiger partial charge is 0.134 e. The molecule has 1 aliphatic rings. The van der Waals surface area contributed by atoms with Gasteiger partial charge in [-0.25, -0.2) is 9.97 Å². The fraction of sp³-hybridized carbons (Fsp3) is 0.474. The number of nitrogens with one attached hydrogen (secondary N) is 1. The summed E-state index contributed by atoms with van der Waals surface area (Å²) in [6.45, 7) is 7.89. The monoisotopic (exact) mass is 326 g/mol. The quantitative estimate of drug-likeness (QED) is 0.883. The van der Waals surface area contributed by atoms with Gasteiger partial charge in [-0.1, -0.05) is 25.1 Å². The SMILES string of the molecule is CC[C@H](C)Nc1cc(N2CCc3cc([C@@H](C)O)ccc3C2)ncn1. The zero-order valence-electron chi connectivity index (χ0n) is 14.7. The van der Waals surface area contributed by atoms with Crippen LogP contribution in [0.25, 0.3) is 0 Å². The largest absolute Gasteiger partial charge is 0.389 e. The highest BCUT2D eigenvalue weighted by Gasteiger charge is 2.19. The van der Waals surface area contributed by atoms with E-state index in [1.165, 1.54) is 11.1 Å². The molecule has 0 bridgehead atoms. The van der Waals surface area contributed by atoms with Crippen molar-refractivity contribution in [2.45, 2.75) is 52.3 Å². The molecule has 0 spiro atoms. The van der Waals surface area contributed by atoms with Crippen LogP contribution in [0.4, 0.5) is 11.6 Å². The minimum absolute atomic E-state index is 0.397. The van der Waals surface area contributed by atoms with Crippen molar-refractivity contribution < 1.29 is 5.11 Å². The van der Waals surface area contributed by atoms with Crippen LogP contribution in [-0.2, 0) is 13.0 Å². The Labute approximate surface area is 143 Å². The molecule has 0 saturated carbocycles. The molecule has 128 valence electrons. The first-order valence-electron chi connectivity index (χ1n) is 8.70. The maximum Gasteiger partial charge on any atom is 0.134 e. The van der Waals surface area contributed by atoms with Gasteiger partial charge in [-0.3, -0.25) is 0 Å². The molecule has 0 radical (unpaired) electrons. The Morgan fingerprint density at radius 1 is 1.21 bits per heavy atom. The second kappa shape index (κ2) is 7.18. The van der Waals surface area contributed by atoms with Crippen LogP contribution in [0.5, 0.6) is 0 Å². The number of nitrogens with zero attached hydrogens (tertiary/aromatic N) is 3. The van der Waals surface area contributed by atoms with Crippen molar-refractivity contribution in [1.29, 1.82) is 0 Å².